The summed E-state index contributed by atoms with van der Waals surface area (Å²) in [6, 6.07) is 0. The molecule has 0 amide bonds. The molecule has 0 atom stereocenters. The quantitative estimate of drug-likeness (QED) is 0.430. The molecule has 1 rings (SSSR count). The Morgan fingerprint density at radius 3 is 2.15 bits per heavy atom. The van der Waals surface area contributed by atoms with E-state index in [0.29, 0.717) is 19.3 Å². The third-order valence-electron chi connectivity index (χ3n) is 1.13. The van der Waals surface area contributed by atoms with Crippen LogP contribution in [0.3, 0.4) is 0 Å². The van der Waals surface area contributed by atoms with Crippen molar-refractivity contribution in [2.75, 3.05) is 5.75 Å². The lowest BCUT2D eigenvalue weighted by atomic mass is 10.3. The van der Waals surface area contributed by atoms with Gasteiger partial charge in [-0.2, -0.15) is 0 Å². The molecule has 0 unspecified atom stereocenters. The molecule has 13 heavy (non-hydrogen) atoms. The molecule has 0 aliphatic carbocycles. The molecule has 76 valence electrons. The monoisotopic (exact) mass is 204 g/mol. The summed E-state index contributed by atoms with van der Waals surface area (Å²) in [5.74, 6) is 1.19. The second-order valence-corrected chi connectivity index (χ2v) is 3.05. The van der Waals surface area contributed by atoms with Gasteiger partial charge in [0.05, 0.1) is 0 Å². The normalized spacial score (nSPS) is 12.3. The van der Waals surface area contributed by atoms with E-state index in [2.05, 4.69) is 4.40 Å². The zero-order valence-electron chi connectivity index (χ0n) is 7.65. The molecule has 0 aromatic heterocycles. The van der Waals surface area contributed by atoms with Gasteiger partial charge in [0.15, 0.2) is 0 Å². The van der Waals surface area contributed by atoms with Crippen LogP contribution in [0.15, 0.2) is 4.40 Å². The van der Waals surface area contributed by atoms with Crippen LogP contribution in [-0.4, -0.2) is 24.5 Å². The predicted octanol–water partition coefficient (Wildman–Crippen LogP) is 1.83. The van der Waals surface area contributed by atoms with E-state index in [1.165, 1.54) is 12.2 Å². The van der Waals surface area contributed by atoms with Crippen LogP contribution in [0.25, 0.3) is 0 Å². The molecule has 0 saturated heterocycles. The average Bonchev–Trinajstić information content (AvgIpc) is 2.62. The molecule has 1 heterocycles. The molecule has 5 heteroatoms. The lowest BCUT2D eigenvalue weighted by Gasteiger charge is -1.78. The number of hydrogen-bond donors (Lipinski definition) is 1. The number of rotatable bonds is 4. The number of carbonyl (C=O) groups excluding carboxylic acids is 2. The van der Waals surface area contributed by atoms with Gasteiger partial charge < -0.3 is 15.7 Å². The molecule has 4 nitrogen and oxygen atoms in total. The Labute approximate surface area is 82.9 Å². The van der Waals surface area contributed by atoms with Gasteiger partial charge in [-0.3, -0.25) is 0 Å². The van der Waals surface area contributed by atoms with E-state index < -0.39 is 0 Å². The maximum Gasteiger partial charge on any atom is 0.120 e. The first-order chi connectivity index (χ1) is 5.91. The Bertz CT molecular complexity index is 137. The number of nitrogens with zero attached hydrogens (tertiary/aromatic N) is 1. The van der Waals surface area contributed by atoms with E-state index >= 15 is 0 Å². The van der Waals surface area contributed by atoms with Crippen molar-refractivity contribution in [1.29, 1.82) is 0 Å². The summed E-state index contributed by atoms with van der Waals surface area (Å²) in [5, 5.41) is 0. The van der Waals surface area contributed by atoms with E-state index in [1.54, 1.807) is 11.9 Å². The summed E-state index contributed by atoms with van der Waals surface area (Å²) >= 11 is 1.64. The minimum absolute atomic E-state index is 0. The SMILES string of the molecule is C1=NSCC1.N.O=CCCCC=O. The molecule has 1 aliphatic heterocycles. The zero-order chi connectivity index (χ0) is 9.07. The lowest BCUT2D eigenvalue weighted by molar-refractivity contribution is -0.108. The zero-order valence-corrected chi connectivity index (χ0v) is 8.46. The highest BCUT2D eigenvalue weighted by molar-refractivity contribution is 7.98. The van der Waals surface area contributed by atoms with Gasteiger partial charge in [-0.1, -0.05) is 0 Å². The van der Waals surface area contributed by atoms with Crippen molar-refractivity contribution in [2.24, 2.45) is 4.40 Å². The first-order valence-electron chi connectivity index (χ1n) is 3.93. The van der Waals surface area contributed by atoms with Crippen molar-refractivity contribution in [3.8, 4) is 0 Å². The lowest BCUT2D eigenvalue weighted by Crippen LogP contribution is -1.76. The minimum atomic E-state index is 0. The van der Waals surface area contributed by atoms with Crippen molar-refractivity contribution in [3.05, 3.63) is 0 Å². The largest absolute Gasteiger partial charge is 0.344 e. The Balaban J connectivity index is 0. The maximum absolute atomic E-state index is 9.56. The van der Waals surface area contributed by atoms with Gasteiger partial charge in [0.1, 0.15) is 12.6 Å². The van der Waals surface area contributed by atoms with Crippen molar-refractivity contribution >= 4 is 30.7 Å². The van der Waals surface area contributed by atoms with E-state index in [1.807, 2.05) is 6.21 Å². The molecule has 1 aliphatic rings. The fourth-order valence-electron chi connectivity index (χ4n) is 0.548. The van der Waals surface area contributed by atoms with Crippen LogP contribution >= 0.6 is 11.9 Å². The van der Waals surface area contributed by atoms with Gasteiger partial charge in [-0.05, 0) is 24.8 Å². The number of carbonyl (C=O) groups is 2. The van der Waals surface area contributed by atoms with E-state index in [4.69, 9.17) is 0 Å². The smallest absolute Gasteiger partial charge is 0.120 e. The second-order valence-electron chi connectivity index (χ2n) is 2.17. The van der Waals surface area contributed by atoms with Crippen LogP contribution < -0.4 is 6.15 Å². The summed E-state index contributed by atoms with van der Waals surface area (Å²) in [4.78, 5) is 19.1. The molecule has 3 N–H and O–H groups in total. The maximum atomic E-state index is 9.56. The average molecular weight is 204 g/mol. The van der Waals surface area contributed by atoms with Crippen LogP contribution in [-0.2, 0) is 9.59 Å². The molecule has 0 bridgehead atoms. The van der Waals surface area contributed by atoms with Gasteiger partial charge in [0.25, 0.3) is 0 Å². The van der Waals surface area contributed by atoms with Gasteiger partial charge in [0.2, 0.25) is 0 Å². The van der Waals surface area contributed by atoms with E-state index in [9.17, 15) is 9.59 Å². The summed E-state index contributed by atoms with van der Waals surface area (Å²) in [5.41, 5.74) is 0. The Morgan fingerprint density at radius 2 is 1.92 bits per heavy atom. The van der Waals surface area contributed by atoms with Crippen LogP contribution in [0.1, 0.15) is 25.7 Å². The number of hydrogen-bond acceptors (Lipinski definition) is 5. The van der Waals surface area contributed by atoms with Gasteiger partial charge >= 0.3 is 0 Å². The van der Waals surface area contributed by atoms with Gasteiger partial charge in [-0.15, -0.1) is 0 Å². The highest BCUT2D eigenvalue weighted by atomic mass is 32.2. The third-order valence-corrected chi connectivity index (χ3v) is 1.85. The summed E-state index contributed by atoms with van der Waals surface area (Å²) < 4.78 is 3.88. The standard InChI is InChI=1S/C5H8O2.C3H5NS.H3N/c6-4-2-1-3-5-7;1-2-4-5-3-1;/h4-5H,1-3H2;2H,1,3H2;1H3. The summed E-state index contributed by atoms with van der Waals surface area (Å²) in [7, 11) is 0. The Kier molecular flexibility index (Phi) is 15.8. The van der Waals surface area contributed by atoms with Crippen molar-refractivity contribution in [2.45, 2.75) is 25.7 Å². The molecular formula is C8H16N2O2S. The van der Waals surface area contributed by atoms with Crippen molar-refractivity contribution in [1.82, 2.24) is 6.15 Å². The second kappa shape index (κ2) is 13.9. The fourth-order valence-corrected chi connectivity index (χ4v) is 1.08. The van der Waals surface area contributed by atoms with Gasteiger partial charge in [-0.25, -0.2) is 4.40 Å². The Morgan fingerprint density at radius 1 is 1.31 bits per heavy atom. The van der Waals surface area contributed by atoms with E-state index in [-0.39, 0.29) is 6.15 Å². The van der Waals surface area contributed by atoms with Crippen molar-refractivity contribution in [3.63, 3.8) is 0 Å². The van der Waals surface area contributed by atoms with Crippen LogP contribution in [0, 0.1) is 0 Å². The summed E-state index contributed by atoms with van der Waals surface area (Å²) in [6.45, 7) is 0. The number of unbranched alkanes of at least 4 members (excludes halogenated alkanes) is 2. The predicted molar refractivity (Wildman–Crippen MR) is 56.6 cm³/mol. The fraction of sp³-hybridized carbons (Fsp3) is 0.625. The first-order valence-corrected chi connectivity index (χ1v) is 4.87. The molecule has 0 fully saturated rings. The molecule has 0 radical (unpaired) electrons. The molecule has 0 saturated carbocycles. The van der Waals surface area contributed by atoms with Crippen LogP contribution in [0.2, 0.25) is 0 Å². The molecular weight excluding hydrogens is 188 g/mol. The van der Waals surface area contributed by atoms with Crippen LogP contribution in [0.5, 0.6) is 0 Å². The first kappa shape index (κ1) is 14.8. The van der Waals surface area contributed by atoms with Crippen LogP contribution in [0.4, 0.5) is 0 Å². The Hall–Kier alpha value is -0.680. The third kappa shape index (κ3) is 14.2. The molecule has 0 aromatic rings. The molecule has 0 spiro atoms. The highest BCUT2D eigenvalue weighted by Gasteiger charge is 1.87. The van der Waals surface area contributed by atoms with E-state index in [0.717, 1.165) is 12.6 Å². The highest BCUT2D eigenvalue weighted by Crippen LogP contribution is 2.07. The minimum Gasteiger partial charge on any atom is -0.344 e. The number of aldehydes is 2. The topological polar surface area (TPSA) is 81.5 Å². The summed E-state index contributed by atoms with van der Waals surface area (Å²) in [6.07, 6.45) is 6.49. The van der Waals surface area contributed by atoms with Crippen molar-refractivity contribution < 1.29 is 9.59 Å². The van der Waals surface area contributed by atoms with Gasteiger partial charge in [0, 0.05) is 24.8 Å². The molecule has 0 aromatic carbocycles.